The lowest BCUT2D eigenvalue weighted by atomic mass is 10.1. The number of carbonyl (C=O) groups excluding carboxylic acids is 1. The van der Waals surface area contributed by atoms with Crippen LogP contribution in [0.4, 0.5) is 5.95 Å². The Morgan fingerprint density at radius 3 is 2.76 bits per heavy atom. The molecule has 1 aromatic heterocycles. The molecule has 1 atom stereocenters. The summed E-state index contributed by atoms with van der Waals surface area (Å²) in [4.78, 5) is 27.7. The van der Waals surface area contributed by atoms with E-state index in [9.17, 15) is 9.59 Å². The highest BCUT2D eigenvalue weighted by molar-refractivity contribution is 5.97. The number of aromatic nitrogens is 2. The Bertz CT molecular complexity index is 454. The lowest BCUT2D eigenvalue weighted by Gasteiger charge is -2.09. The van der Waals surface area contributed by atoms with E-state index < -0.39 is 11.9 Å². The monoisotopic (exact) mass is 239 g/mol. The highest BCUT2D eigenvalue weighted by Gasteiger charge is 2.37. The molecule has 2 rings (SSSR count). The van der Waals surface area contributed by atoms with Gasteiger partial charge in [-0.1, -0.05) is 13.8 Å². The van der Waals surface area contributed by atoms with Crippen molar-refractivity contribution in [3.8, 4) is 0 Å². The van der Waals surface area contributed by atoms with E-state index in [0.717, 1.165) is 0 Å². The van der Waals surface area contributed by atoms with E-state index in [-0.39, 0.29) is 30.7 Å². The summed E-state index contributed by atoms with van der Waals surface area (Å²) in [6, 6.07) is 0. The summed E-state index contributed by atoms with van der Waals surface area (Å²) in [6.45, 7) is 3.89. The molecule has 1 saturated heterocycles. The van der Waals surface area contributed by atoms with Gasteiger partial charge < -0.3 is 9.63 Å². The lowest BCUT2D eigenvalue weighted by molar-refractivity contribution is -0.141. The van der Waals surface area contributed by atoms with Crippen LogP contribution in [-0.4, -0.2) is 33.7 Å². The molecular weight excluding hydrogens is 226 g/mol. The van der Waals surface area contributed by atoms with Crippen molar-refractivity contribution in [2.45, 2.75) is 26.2 Å². The minimum Gasteiger partial charge on any atom is -0.481 e. The quantitative estimate of drug-likeness (QED) is 0.830. The molecule has 1 amide bonds. The second-order valence-electron chi connectivity index (χ2n) is 4.33. The van der Waals surface area contributed by atoms with Gasteiger partial charge in [0.25, 0.3) is 5.95 Å². The molecule has 1 fully saturated rings. The summed E-state index contributed by atoms with van der Waals surface area (Å²) in [5.74, 6) is -1.29. The van der Waals surface area contributed by atoms with E-state index in [0.29, 0.717) is 5.89 Å². The van der Waals surface area contributed by atoms with E-state index in [2.05, 4.69) is 10.1 Å². The van der Waals surface area contributed by atoms with Crippen LogP contribution in [0, 0.1) is 5.92 Å². The lowest BCUT2D eigenvalue weighted by Crippen LogP contribution is -2.26. The van der Waals surface area contributed by atoms with Crippen LogP contribution in [0.3, 0.4) is 0 Å². The average Bonchev–Trinajstić information content (AvgIpc) is 2.83. The molecule has 0 radical (unpaired) electrons. The van der Waals surface area contributed by atoms with Crippen molar-refractivity contribution in [3.05, 3.63) is 5.89 Å². The van der Waals surface area contributed by atoms with Crippen molar-refractivity contribution in [2.75, 3.05) is 11.4 Å². The molecule has 0 aliphatic carbocycles. The van der Waals surface area contributed by atoms with Gasteiger partial charge in [-0.05, 0) is 5.16 Å². The molecule has 0 saturated carbocycles. The molecule has 7 heteroatoms. The Labute approximate surface area is 97.4 Å². The molecule has 0 spiro atoms. The van der Waals surface area contributed by atoms with Gasteiger partial charge in [0.15, 0.2) is 0 Å². The first-order chi connectivity index (χ1) is 7.99. The summed E-state index contributed by atoms with van der Waals surface area (Å²) >= 11 is 0. The van der Waals surface area contributed by atoms with Crippen LogP contribution in [0.5, 0.6) is 0 Å². The third-order valence-corrected chi connectivity index (χ3v) is 2.64. The zero-order valence-corrected chi connectivity index (χ0v) is 9.58. The number of hydrogen-bond donors (Lipinski definition) is 1. The number of carboxylic acids is 1. The predicted molar refractivity (Wildman–Crippen MR) is 56.5 cm³/mol. The molecule has 1 aliphatic heterocycles. The highest BCUT2D eigenvalue weighted by Crippen LogP contribution is 2.24. The van der Waals surface area contributed by atoms with E-state index in [1.165, 1.54) is 4.90 Å². The third-order valence-electron chi connectivity index (χ3n) is 2.64. The van der Waals surface area contributed by atoms with Crippen LogP contribution in [0.25, 0.3) is 0 Å². The molecule has 17 heavy (non-hydrogen) atoms. The van der Waals surface area contributed by atoms with Crippen LogP contribution < -0.4 is 4.90 Å². The maximum absolute atomic E-state index is 11.6. The van der Waals surface area contributed by atoms with Crippen molar-refractivity contribution in [1.82, 2.24) is 10.1 Å². The number of amides is 1. The summed E-state index contributed by atoms with van der Waals surface area (Å²) in [5.41, 5.74) is 0. The van der Waals surface area contributed by atoms with Crippen LogP contribution in [0.2, 0.25) is 0 Å². The van der Waals surface area contributed by atoms with Gasteiger partial charge in [0, 0.05) is 18.9 Å². The van der Waals surface area contributed by atoms with Crippen molar-refractivity contribution < 1.29 is 19.2 Å². The molecule has 92 valence electrons. The number of rotatable bonds is 3. The van der Waals surface area contributed by atoms with Gasteiger partial charge in [0.2, 0.25) is 11.8 Å². The van der Waals surface area contributed by atoms with Gasteiger partial charge in [-0.2, -0.15) is 4.98 Å². The Morgan fingerprint density at radius 2 is 2.29 bits per heavy atom. The van der Waals surface area contributed by atoms with Crippen LogP contribution in [-0.2, 0) is 9.59 Å². The Kier molecular flexibility index (Phi) is 2.83. The molecular formula is C10H13N3O4. The largest absolute Gasteiger partial charge is 0.481 e. The van der Waals surface area contributed by atoms with Gasteiger partial charge in [-0.15, -0.1) is 0 Å². The number of carboxylic acid groups (broad SMARTS) is 1. The maximum Gasteiger partial charge on any atom is 0.308 e. The average molecular weight is 239 g/mol. The molecule has 7 nitrogen and oxygen atoms in total. The molecule has 0 aromatic carbocycles. The smallest absolute Gasteiger partial charge is 0.308 e. The van der Waals surface area contributed by atoms with Crippen molar-refractivity contribution in [1.29, 1.82) is 0 Å². The highest BCUT2D eigenvalue weighted by atomic mass is 16.5. The third kappa shape index (κ3) is 2.13. The SMILES string of the molecule is CC(C)c1nc(N2CC(C(=O)O)CC2=O)no1. The van der Waals surface area contributed by atoms with Crippen LogP contribution in [0.15, 0.2) is 4.52 Å². The number of hydrogen-bond acceptors (Lipinski definition) is 5. The van der Waals surface area contributed by atoms with Gasteiger partial charge in [-0.3, -0.25) is 14.5 Å². The number of nitrogens with zero attached hydrogens (tertiary/aromatic N) is 3. The number of anilines is 1. The summed E-state index contributed by atoms with van der Waals surface area (Å²) < 4.78 is 4.98. The number of carbonyl (C=O) groups is 2. The van der Waals surface area contributed by atoms with Gasteiger partial charge in [-0.25, -0.2) is 0 Å². The first-order valence-electron chi connectivity index (χ1n) is 5.35. The van der Waals surface area contributed by atoms with Gasteiger partial charge in [0.05, 0.1) is 5.92 Å². The maximum atomic E-state index is 11.6. The van der Waals surface area contributed by atoms with E-state index in [4.69, 9.17) is 9.63 Å². The Balaban J connectivity index is 2.17. The van der Waals surface area contributed by atoms with Crippen LogP contribution in [0.1, 0.15) is 32.1 Å². The van der Waals surface area contributed by atoms with Crippen molar-refractivity contribution in [2.24, 2.45) is 5.92 Å². The first-order valence-corrected chi connectivity index (χ1v) is 5.35. The molecule has 1 N–H and O–H groups in total. The zero-order chi connectivity index (χ0) is 12.6. The molecule has 2 heterocycles. The van der Waals surface area contributed by atoms with Gasteiger partial charge in [0.1, 0.15) is 0 Å². The molecule has 1 aliphatic rings. The summed E-state index contributed by atoms with van der Waals surface area (Å²) in [6.07, 6.45) is -0.0130. The molecule has 0 bridgehead atoms. The second-order valence-corrected chi connectivity index (χ2v) is 4.33. The minimum atomic E-state index is -0.978. The Morgan fingerprint density at radius 1 is 1.59 bits per heavy atom. The van der Waals surface area contributed by atoms with E-state index in [1.807, 2.05) is 13.8 Å². The second kappa shape index (κ2) is 4.15. The zero-order valence-electron chi connectivity index (χ0n) is 9.58. The van der Waals surface area contributed by atoms with Crippen LogP contribution >= 0.6 is 0 Å². The van der Waals surface area contributed by atoms with Crippen molar-refractivity contribution in [3.63, 3.8) is 0 Å². The van der Waals surface area contributed by atoms with E-state index in [1.54, 1.807) is 0 Å². The fraction of sp³-hybridized carbons (Fsp3) is 0.600. The summed E-state index contributed by atoms with van der Waals surface area (Å²) in [7, 11) is 0. The normalized spacial score (nSPS) is 20.3. The predicted octanol–water partition coefficient (Wildman–Crippen LogP) is 0.631. The minimum absolute atomic E-state index is 0.0130. The fourth-order valence-corrected chi connectivity index (χ4v) is 1.64. The summed E-state index contributed by atoms with van der Waals surface area (Å²) in [5, 5.41) is 12.5. The molecule has 1 aromatic rings. The first kappa shape index (κ1) is 11.6. The van der Waals surface area contributed by atoms with E-state index >= 15 is 0 Å². The topological polar surface area (TPSA) is 96.5 Å². The van der Waals surface area contributed by atoms with Gasteiger partial charge >= 0.3 is 5.97 Å². The van der Waals surface area contributed by atoms with Crippen molar-refractivity contribution >= 4 is 17.8 Å². The number of aliphatic carboxylic acids is 1. The fourth-order valence-electron chi connectivity index (χ4n) is 1.64. The Hall–Kier alpha value is -1.92. The molecule has 1 unspecified atom stereocenters. The standard InChI is InChI=1S/C10H13N3O4/c1-5(2)8-11-10(12-17-8)13-4-6(9(15)16)3-7(13)14/h5-6H,3-4H2,1-2H3,(H,15,16).